The monoisotopic (exact) mass is 340 g/mol. The van der Waals surface area contributed by atoms with Gasteiger partial charge in [-0.2, -0.15) is 0 Å². The van der Waals surface area contributed by atoms with Gasteiger partial charge in [0.1, 0.15) is 6.10 Å². The van der Waals surface area contributed by atoms with Gasteiger partial charge in [-0.1, -0.05) is 6.07 Å². The summed E-state index contributed by atoms with van der Waals surface area (Å²) >= 11 is 4.97. The molecule has 1 N–H and O–H groups in total. The molecule has 0 saturated heterocycles. The van der Waals surface area contributed by atoms with E-state index in [-0.39, 0.29) is 0 Å². The summed E-state index contributed by atoms with van der Waals surface area (Å²) in [5, 5.41) is 12.4. The highest BCUT2D eigenvalue weighted by molar-refractivity contribution is 9.10. The first kappa shape index (κ1) is 13.0. The molecule has 19 heavy (non-hydrogen) atoms. The van der Waals surface area contributed by atoms with E-state index in [9.17, 15) is 5.11 Å². The summed E-state index contributed by atoms with van der Waals surface area (Å²) < 4.78 is 12.2. The van der Waals surface area contributed by atoms with Crippen LogP contribution in [0.2, 0.25) is 0 Å². The normalized spacial score (nSPS) is 15.9. The van der Waals surface area contributed by atoms with Crippen molar-refractivity contribution in [2.75, 3.05) is 13.2 Å². The second-order valence-corrected chi connectivity index (χ2v) is 6.09. The second kappa shape index (κ2) is 5.53. The summed E-state index contributed by atoms with van der Waals surface area (Å²) in [6.07, 6.45) is 0.231. The van der Waals surface area contributed by atoms with E-state index >= 15 is 0 Å². The van der Waals surface area contributed by atoms with Gasteiger partial charge in [-0.3, -0.25) is 0 Å². The number of hydrogen-bond acceptors (Lipinski definition) is 4. The molecule has 0 saturated carbocycles. The van der Waals surface area contributed by atoms with Crippen LogP contribution in [0.3, 0.4) is 0 Å². The number of ether oxygens (including phenoxy) is 2. The molecule has 3 nitrogen and oxygen atoms in total. The lowest BCUT2D eigenvalue weighted by Gasteiger charge is -2.13. The van der Waals surface area contributed by atoms with Crippen molar-refractivity contribution in [2.45, 2.75) is 12.5 Å². The first-order valence-corrected chi connectivity index (χ1v) is 7.73. The van der Waals surface area contributed by atoms with Crippen molar-refractivity contribution in [2.24, 2.45) is 0 Å². The fourth-order valence-corrected chi connectivity index (χ4v) is 3.60. The zero-order chi connectivity index (χ0) is 13.2. The molecular formula is C14H13BrO3S. The Morgan fingerprint density at radius 1 is 1.16 bits per heavy atom. The van der Waals surface area contributed by atoms with Crippen molar-refractivity contribution in [1.29, 1.82) is 0 Å². The number of benzene rings is 1. The molecule has 1 atom stereocenters. The summed E-state index contributed by atoms with van der Waals surface area (Å²) in [6, 6.07) is 7.54. The Hall–Kier alpha value is -1.04. The Labute approximate surface area is 123 Å². The molecule has 5 heteroatoms. The molecule has 100 valence electrons. The van der Waals surface area contributed by atoms with E-state index in [1.54, 1.807) is 0 Å². The molecule has 1 aromatic heterocycles. The van der Waals surface area contributed by atoms with Crippen LogP contribution in [0.25, 0.3) is 0 Å². The van der Waals surface area contributed by atoms with Gasteiger partial charge in [0.2, 0.25) is 0 Å². The van der Waals surface area contributed by atoms with Crippen LogP contribution in [0.15, 0.2) is 34.1 Å². The number of fused-ring (bicyclic) bond motifs is 1. The van der Waals surface area contributed by atoms with Crippen molar-refractivity contribution >= 4 is 27.3 Å². The van der Waals surface area contributed by atoms with E-state index in [0.29, 0.717) is 19.0 Å². The third kappa shape index (κ3) is 2.63. The van der Waals surface area contributed by atoms with Crippen molar-refractivity contribution in [3.05, 3.63) is 44.6 Å². The molecule has 1 unspecified atom stereocenters. The molecule has 0 amide bonds. The molecule has 2 aromatic rings. The molecule has 3 rings (SSSR count). The van der Waals surface area contributed by atoms with E-state index < -0.39 is 6.10 Å². The maximum Gasteiger partial charge on any atom is 0.161 e. The Kier molecular flexibility index (Phi) is 3.77. The maximum absolute atomic E-state index is 10.4. The Balaban J connectivity index is 1.93. The van der Waals surface area contributed by atoms with Gasteiger partial charge in [0.25, 0.3) is 0 Å². The molecule has 2 heterocycles. The van der Waals surface area contributed by atoms with Gasteiger partial charge in [0, 0.05) is 10.9 Å². The zero-order valence-corrected chi connectivity index (χ0v) is 12.5. The number of thiophene rings is 1. The highest BCUT2D eigenvalue weighted by atomic mass is 79.9. The average molecular weight is 341 g/mol. The Morgan fingerprint density at radius 3 is 2.68 bits per heavy atom. The average Bonchev–Trinajstić information content (AvgIpc) is 2.72. The molecular weight excluding hydrogens is 328 g/mol. The molecule has 1 aromatic carbocycles. The summed E-state index contributed by atoms with van der Waals surface area (Å²) in [7, 11) is 0. The van der Waals surface area contributed by atoms with Crippen LogP contribution in [0.4, 0.5) is 0 Å². The molecule has 1 aliphatic heterocycles. The Bertz CT molecular complexity index is 582. The number of aliphatic hydroxyl groups excluding tert-OH is 1. The van der Waals surface area contributed by atoms with Crippen LogP contribution in [-0.2, 0) is 0 Å². The lowest BCUT2D eigenvalue weighted by atomic mass is 10.1. The molecule has 1 aliphatic rings. The van der Waals surface area contributed by atoms with Gasteiger partial charge >= 0.3 is 0 Å². The minimum Gasteiger partial charge on any atom is -0.490 e. The van der Waals surface area contributed by atoms with Crippen LogP contribution >= 0.6 is 27.3 Å². The fourth-order valence-electron chi connectivity index (χ4n) is 2.00. The predicted molar refractivity (Wildman–Crippen MR) is 78.1 cm³/mol. The highest BCUT2D eigenvalue weighted by Gasteiger charge is 2.18. The Morgan fingerprint density at radius 2 is 1.95 bits per heavy atom. The smallest absolute Gasteiger partial charge is 0.161 e. The number of aliphatic hydroxyl groups is 1. The largest absolute Gasteiger partial charge is 0.490 e. The highest BCUT2D eigenvalue weighted by Crippen LogP contribution is 2.37. The topological polar surface area (TPSA) is 38.7 Å². The predicted octanol–water partition coefficient (Wildman–Crippen LogP) is 3.75. The van der Waals surface area contributed by atoms with Crippen LogP contribution in [-0.4, -0.2) is 18.3 Å². The van der Waals surface area contributed by atoms with Crippen LogP contribution in [0.1, 0.15) is 23.0 Å². The molecule has 0 radical (unpaired) electrons. The van der Waals surface area contributed by atoms with E-state index in [2.05, 4.69) is 15.9 Å². The summed E-state index contributed by atoms with van der Waals surface area (Å²) in [6.45, 7) is 1.32. The summed E-state index contributed by atoms with van der Waals surface area (Å²) in [5.41, 5.74) is 0.812. The van der Waals surface area contributed by atoms with Crippen LogP contribution in [0.5, 0.6) is 11.5 Å². The van der Waals surface area contributed by atoms with Crippen molar-refractivity contribution in [1.82, 2.24) is 0 Å². The minimum absolute atomic E-state index is 0.647. The van der Waals surface area contributed by atoms with Crippen molar-refractivity contribution < 1.29 is 14.6 Å². The van der Waals surface area contributed by atoms with Gasteiger partial charge in [-0.15, -0.1) is 11.3 Å². The quantitative estimate of drug-likeness (QED) is 0.904. The van der Waals surface area contributed by atoms with Crippen LogP contribution < -0.4 is 9.47 Å². The standard InChI is InChI=1S/C14H13BrO3S/c15-10-4-7-19-14(10)13(16)9-2-3-11-12(8-9)18-6-1-5-17-11/h2-4,7-8,13,16H,1,5-6H2. The van der Waals surface area contributed by atoms with Crippen molar-refractivity contribution in [3.8, 4) is 11.5 Å². The van der Waals surface area contributed by atoms with Crippen molar-refractivity contribution in [3.63, 3.8) is 0 Å². The van der Waals surface area contributed by atoms with E-state index in [1.807, 2.05) is 29.6 Å². The lowest BCUT2D eigenvalue weighted by molar-refractivity contribution is 0.222. The van der Waals surface area contributed by atoms with E-state index in [4.69, 9.17) is 9.47 Å². The van der Waals surface area contributed by atoms with Gasteiger partial charge in [0.05, 0.1) is 18.1 Å². The molecule has 0 aliphatic carbocycles. The number of hydrogen-bond donors (Lipinski definition) is 1. The SMILES string of the molecule is OC(c1ccc2c(c1)OCCCO2)c1sccc1Br. The second-order valence-electron chi connectivity index (χ2n) is 4.29. The maximum atomic E-state index is 10.4. The van der Waals surface area contributed by atoms with Gasteiger partial charge < -0.3 is 14.6 Å². The lowest BCUT2D eigenvalue weighted by Crippen LogP contribution is -2.00. The summed E-state index contributed by atoms with van der Waals surface area (Å²) in [4.78, 5) is 0.898. The molecule has 0 fully saturated rings. The van der Waals surface area contributed by atoms with E-state index in [0.717, 1.165) is 27.1 Å². The molecule has 0 spiro atoms. The first-order chi connectivity index (χ1) is 9.25. The van der Waals surface area contributed by atoms with Crippen LogP contribution in [0, 0.1) is 0 Å². The number of rotatable bonds is 2. The van der Waals surface area contributed by atoms with Gasteiger partial charge in [-0.05, 0) is 45.1 Å². The third-order valence-electron chi connectivity index (χ3n) is 2.98. The minimum atomic E-state index is -0.647. The molecule has 0 bridgehead atoms. The number of halogens is 1. The van der Waals surface area contributed by atoms with Gasteiger partial charge in [-0.25, -0.2) is 0 Å². The van der Waals surface area contributed by atoms with Gasteiger partial charge in [0.15, 0.2) is 11.5 Å². The zero-order valence-electron chi connectivity index (χ0n) is 10.1. The summed E-state index contributed by atoms with van der Waals surface area (Å²) in [5.74, 6) is 1.46. The first-order valence-electron chi connectivity index (χ1n) is 6.06. The third-order valence-corrected chi connectivity index (χ3v) is 4.90. The fraction of sp³-hybridized carbons (Fsp3) is 0.286. The van der Waals surface area contributed by atoms with E-state index in [1.165, 1.54) is 11.3 Å².